The van der Waals surface area contributed by atoms with Crippen LogP contribution in [0.4, 0.5) is 11.4 Å². The monoisotopic (exact) mass is 302 g/mol. The summed E-state index contributed by atoms with van der Waals surface area (Å²) in [5, 5.41) is 0. The zero-order chi connectivity index (χ0) is 15.0. The SMILES string of the molecule is CC1CCc2ccccc2N1S(=O)(=O)c1ccccc1N. The van der Waals surface area contributed by atoms with Crippen LogP contribution in [0.2, 0.25) is 0 Å². The molecule has 0 bridgehead atoms. The molecule has 5 heteroatoms. The van der Waals surface area contributed by atoms with E-state index in [1.54, 1.807) is 24.3 Å². The van der Waals surface area contributed by atoms with Gasteiger partial charge in [-0.25, -0.2) is 8.42 Å². The largest absolute Gasteiger partial charge is 0.398 e. The highest BCUT2D eigenvalue weighted by Gasteiger charge is 2.34. The Morgan fingerprint density at radius 2 is 1.76 bits per heavy atom. The molecule has 1 heterocycles. The summed E-state index contributed by atoms with van der Waals surface area (Å²) < 4.78 is 27.6. The molecular weight excluding hydrogens is 284 g/mol. The molecule has 0 amide bonds. The molecule has 110 valence electrons. The van der Waals surface area contributed by atoms with E-state index in [0.717, 1.165) is 24.1 Å². The Morgan fingerprint density at radius 1 is 1.10 bits per heavy atom. The minimum atomic E-state index is -3.65. The number of sulfonamides is 1. The topological polar surface area (TPSA) is 63.4 Å². The molecule has 0 spiro atoms. The first-order valence-electron chi connectivity index (χ1n) is 6.98. The van der Waals surface area contributed by atoms with Crippen LogP contribution in [0.25, 0.3) is 0 Å². The maximum absolute atomic E-state index is 13.0. The van der Waals surface area contributed by atoms with Crippen molar-refractivity contribution >= 4 is 21.4 Å². The van der Waals surface area contributed by atoms with Crippen LogP contribution in [0.15, 0.2) is 53.4 Å². The van der Waals surface area contributed by atoms with Gasteiger partial charge in [0.25, 0.3) is 10.0 Å². The van der Waals surface area contributed by atoms with E-state index in [9.17, 15) is 8.42 Å². The fraction of sp³-hybridized carbons (Fsp3) is 0.250. The van der Waals surface area contributed by atoms with Crippen LogP contribution >= 0.6 is 0 Å². The first-order chi connectivity index (χ1) is 10.0. The number of aryl methyl sites for hydroxylation is 1. The smallest absolute Gasteiger partial charge is 0.266 e. The predicted molar refractivity (Wildman–Crippen MR) is 84.7 cm³/mol. The number of nitrogens with two attached hydrogens (primary N) is 1. The molecule has 0 radical (unpaired) electrons. The maximum atomic E-state index is 13.0. The van der Waals surface area contributed by atoms with Crippen molar-refractivity contribution in [1.29, 1.82) is 0 Å². The highest BCUT2D eigenvalue weighted by Crippen LogP contribution is 2.36. The van der Waals surface area contributed by atoms with E-state index < -0.39 is 10.0 Å². The van der Waals surface area contributed by atoms with Gasteiger partial charge in [0.2, 0.25) is 0 Å². The number of fused-ring (bicyclic) bond motifs is 1. The number of para-hydroxylation sites is 2. The van der Waals surface area contributed by atoms with E-state index in [4.69, 9.17) is 5.73 Å². The Labute approximate surface area is 125 Å². The highest BCUT2D eigenvalue weighted by molar-refractivity contribution is 7.93. The lowest BCUT2D eigenvalue weighted by Crippen LogP contribution is -2.42. The highest BCUT2D eigenvalue weighted by atomic mass is 32.2. The number of nitrogen functional groups attached to an aromatic ring is 1. The van der Waals surface area contributed by atoms with Gasteiger partial charge >= 0.3 is 0 Å². The fourth-order valence-corrected chi connectivity index (χ4v) is 4.69. The molecule has 2 aromatic rings. The summed E-state index contributed by atoms with van der Waals surface area (Å²) in [5.74, 6) is 0. The quantitative estimate of drug-likeness (QED) is 0.868. The zero-order valence-electron chi connectivity index (χ0n) is 11.9. The zero-order valence-corrected chi connectivity index (χ0v) is 12.7. The molecule has 0 aliphatic carbocycles. The van der Waals surface area contributed by atoms with Crippen molar-refractivity contribution in [2.24, 2.45) is 0 Å². The van der Waals surface area contributed by atoms with Crippen LogP contribution in [0, 0.1) is 0 Å². The van der Waals surface area contributed by atoms with Crippen molar-refractivity contribution < 1.29 is 8.42 Å². The molecule has 0 aromatic heterocycles. The van der Waals surface area contributed by atoms with Gasteiger partial charge in [-0.2, -0.15) is 0 Å². The Balaban J connectivity index is 2.17. The molecule has 3 rings (SSSR count). The molecule has 1 atom stereocenters. The molecule has 2 N–H and O–H groups in total. The van der Waals surface area contributed by atoms with Gasteiger partial charge in [0.1, 0.15) is 4.90 Å². The number of anilines is 2. The first-order valence-corrected chi connectivity index (χ1v) is 8.42. The maximum Gasteiger partial charge on any atom is 0.266 e. The third kappa shape index (κ3) is 2.27. The fourth-order valence-electron chi connectivity index (χ4n) is 2.84. The van der Waals surface area contributed by atoms with Crippen LogP contribution in [-0.4, -0.2) is 14.5 Å². The number of hydrogen-bond donors (Lipinski definition) is 1. The second-order valence-electron chi connectivity index (χ2n) is 5.36. The number of nitrogens with zero attached hydrogens (tertiary/aromatic N) is 1. The summed E-state index contributed by atoms with van der Waals surface area (Å²) in [6, 6.07) is 14.2. The Morgan fingerprint density at radius 3 is 2.52 bits per heavy atom. The predicted octanol–water partition coefficient (Wildman–Crippen LogP) is 2.80. The van der Waals surface area contributed by atoms with Crippen LogP contribution in [0.1, 0.15) is 18.9 Å². The van der Waals surface area contributed by atoms with E-state index in [0.29, 0.717) is 0 Å². The van der Waals surface area contributed by atoms with Gasteiger partial charge < -0.3 is 5.73 Å². The molecule has 1 aliphatic rings. The van der Waals surface area contributed by atoms with E-state index in [-0.39, 0.29) is 16.6 Å². The van der Waals surface area contributed by atoms with Crippen LogP contribution in [-0.2, 0) is 16.4 Å². The van der Waals surface area contributed by atoms with E-state index in [1.807, 2.05) is 31.2 Å². The summed E-state index contributed by atoms with van der Waals surface area (Å²) in [5.41, 5.74) is 7.98. The summed E-state index contributed by atoms with van der Waals surface area (Å²) in [6.45, 7) is 1.94. The molecule has 0 saturated heterocycles. The van der Waals surface area contributed by atoms with Gasteiger partial charge in [0.15, 0.2) is 0 Å². The molecule has 0 fully saturated rings. The van der Waals surface area contributed by atoms with E-state index in [1.165, 1.54) is 4.31 Å². The van der Waals surface area contributed by atoms with Gasteiger partial charge in [0.05, 0.1) is 11.4 Å². The van der Waals surface area contributed by atoms with Crippen LogP contribution < -0.4 is 10.0 Å². The second kappa shape index (κ2) is 5.07. The molecule has 1 unspecified atom stereocenters. The van der Waals surface area contributed by atoms with E-state index in [2.05, 4.69) is 0 Å². The summed E-state index contributed by atoms with van der Waals surface area (Å²) in [7, 11) is -3.65. The van der Waals surface area contributed by atoms with Gasteiger partial charge in [-0.05, 0) is 43.5 Å². The van der Waals surface area contributed by atoms with Gasteiger partial charge in [0, 0.05) is 6.04 Å². The third-order valence-electron chi connectivity index (χ3n) is 3.92. The van der Waals surface area contributed by atoms with Crippen molar-refractivity contribution in [3.63, 3.8) is 0 Å². The normalized spacial score (nSPS) is 18.3. The molecular formula is C16H18N2O2S. The average Bonchev–Trinajstić information content (AvgIpc) is 2.47. The standard InChI is InChI=1S/C16H18N2O2S/c1-12-10-11-13-6-2-4-8-15(13)18(12)21(19,20)16-9-5-3-7-14(16)17/h2-9,12H,10-11,17H2,1H3. The van der Waals surface area contributed by atoms with E-state index >= 15 is 0 Å². The lowest BCUT2D eigenvalue weighted by atomic mass is 9.99. The number of benzene rings is 2. The van der Waals surface area contributed by atoms with Gasteiger partial charge in [-0.3, -0.25) is 4.31 Å². The molecule has 4 nitrogen and oxygen atoms in total. The molecule has 2 aromatic carbocycles. The lowest BCUT2D eigenvalue weighted by molar-refractivity contribution is 0.563. The summed E-state index contributed by atoms with van der Waals surface area (Å²) in [4.78, 5) is 0.175. The second-order valence-corrected chi connectivity index (χ2v) is 7.14. The molecule has 21 heavy (non-hydrogen) atoms. The molecule has 0 saturated carbocycles. The Hall–Kier alpha value is -2.01. The average molecular weight is 302 g/mol. The first kappa shape index (κ1) is 13.9. The lowest BCUT2D eigenvalue weighted by Gasteiger charge is -2.36. The minimum absolute atomic E-state index is 0.0792. The molecule has 1 aliphatic heterocycles. The van der Waals surface area contributed by atoms with Crippen molar-refractivity contribution in [3.05, 3.63) is 54.1 Å². The Kier molecular flexibility index (Phi) is 3.37. The van der Waals surface area contributed by atoms with Gasteiger partial charge in [-0.15, -0.1) is 0 Å². The minimum Gasteiger partial charge on any atom is -0.398 e. The van der Waals surface area contributed by atoms with Crippen molar-refractivity contribution in [2.75, 3.05) is 10.0 Å². The van der Waals surface area contributed by atoms with Crippen LogP contribution in [0.5, 0.6) is 0 Å². The van der Waals surface area contributed by atoms with Crippen molar-refractivity contribution in [2.45, 2.75) is 30.7 Å². The summed E-state index contributed by atoms with van der Waals surface area (Å²) in [6.07, 6.45) is 1.70. The Bertz CT molecular complexity index is 771. The van der Waals surface area contributed by atoms with Crippen molar-refractivity contribution in [1.82, 2.24) is 0 Å². The van der Waals surface area contributed by atoms with Gasteiger partial charge in [-0.1, -0.05) is 30.3 Å². The number of rotatable bonds is 2. The summed E-state index contributed by atoms with van der Waals surface area (Å²) >= 11 is 0. The van der Waals surface area contributed by atoms with Crippen LogP contribution in [0.3, 0.4) is 0 Å². The van der Waals surface area contributed by atoms with Crippen molar-refractivity contribution in [3.8, 4) is 0 Å². The third-order valence-corrected chi connectivity index (χ3v) is 5.92. The number of hydrogen-bond acceptors (Lipinski definition) is 3.